The van der Waals surface area contributed by atoms with Crippen molar-refractivity contribution in [2.75, 3.05) is 0 Å². The van der Waals surface area contributed by atoms with Crippen molar-refractivity contribution in [2.24, 2.45) is 0 Å². The number of hydrogen-bond donors (Lipinski definition) is 1. The topological polar surface area (TPSA) is 46.3 Å². The van der Waals surface area contributed by atoms with Gasteiger partial charge in [0.2, 0.25) is 0 Å². The van der Waals surface area contributed by atoms with Crippen molar-refractivity contribution in [3.05, 3.63) is 41.2 Å². The molecule has 3 nitrogen and oxygen atoms in total. The Morgan fingerprint density at radius 1 is 1.28 bits per heavy atom. The van der Waals surface area contributed by atoms with Crippen LogP contribution in [0, 0.1) is 6.92 Å². The second-order valence-electron chi connectivity index (χ2n) is 3.78. The third kappa shape index (κ3) is 2.11. The van der Waals surface area contributed by atoms with Gasteiger partial charge in [-0.05, 0) is 13.0 Å². The lowest BCUT2D eigenvalue weighted by molar-refractivity contribution is -0.137. The number of aromatic nitrogens is 1. The molecule has 0 bridgehead atoms. The first-order valence-corrected chi connectivity index (χ1v) is 5.17. The number of benzene rings is 1. The van der Waals surface area contributed by atoms with Gasteiger partial charge < -0.3 is 9.63 Å². The van der Waals surface area contributed by atoms with Gasteiger partial charge in [-0.15, -0.1) is 0 Å². The second kappa shape index (κ2) is 4.45. The molecule has 0 radical (unpaired) electrons. The van der Waals surface area contributed by atoms with Crippen LogP contribution in [0.25, 0.3) is 11.3 Å². The van der Waals surface area contributed by atoms with E-state index in [0.29, 0.717) is 5.56 Å². The summed E-state index contributed by atoms with van der Waals surface area (Å²) in [6.45, 7) is 1.16. The molecule has 2 rings (SSSR count). The molecule has 1 N–H and O–H groups in total. The number of halogens is 3. The predicted molar refractivity (Wildman–Crippen MR) is 57.6 cm³/mol. The zero-order valence-corrected chi connectivity index (χ0v) is 9.45. The predicted octanol–water partition coefficient (Wildman–Crippen LogP) is 3.16. The quantitative estimate of drug-likeness (QED) is 0.898. The van der Waals surface area contributed by atoms with Crippen molar-refractivity contribution in [3.8, 4) is 11.3 Å². The van der Waals surface area contributed by atoms with Crippen LogP contribution in [0.4, 0.5) is 13.2 Å². The van der Waals surface area contributed by atoms with Crippen LogP contribution in [-0.4, -0.2) is 10.3 Å². The third-order valence-corrected chi connectivity index (χ3v) is 2.65. The average Bonchev–Trinajstić information content (AvgIpc) is 2.69. The smallest absolute Gasteiger partial charge is 0.388 e. The van der Waals surface area contributed by atoms with Gasteiger partial charge in [-0.3, -0.25) is 0 Å². The molecule has 1 aromatic carbocycles. The molecule has 18 heavy (non-hydrogen) atoms. The Labute approximate surface area is 101 Å². The molecule has 1 aromatic heterocycles. The Kier molecular flexibility index (Phi) is 3.13. The fraction of sp³-hybridized carbons (Fsp3) is 0.250. The molecule has 0 saturated carbocycles. The molecule has 0 amide bonds. The van der Waals surface area contributed by atoms with Crippen molar-refractivity contribution in [2.45, 2.75) is 19.7 Å². The highest BCUT2D eigenvalue weighted by Gasteiger charge is 2.34. The minimum absolute atomic E-state index is 0.0500. The lowest BCUT2D eigenvalue weighted by atomic mass is 10.0. The van der Waals surface area contributed by atoms with E-state index in [0.717, 1.165) is 6.07 Å². The minimum atomic E-state index is -4.46. The zero-order chi connectivity index (χ0) is 13.3. The molecule has 0 unspecified atom stereocenters. The Bertz CT molecular complexity index is 561. The molecule has 0 spiro atoms. The average molecular weight is 257 g/mol. The summed E-state index contributed by atoms with van der Waals surface area (Å²) in [5.74, 6) is 0.168. The molecule has 0 atom stereocenters. The Hall–Kier alpha value is -1.82. The Morgan fingerprint density at radius 2 is 1.94 bits per heavy atom. The molecule has 0 saturated heterocycles. The van der Waals surface area contributed by atoms with E-state index in [1.807, 2.05) is 0 Å². The highest BCUT2D eigenvalue weighted by atomic mass is 19.4. The van der Waals surface area contributed by atoms with E-state index in [2.05, 4.69) is 5.16 Å². The van der Waals surface area contributed by atoms with E-state index < -0.39 is 18.3 Å². The molecular formula is C12H10F3NO2. The number of aliphatic hydroxyl groups is 1. The third-order valence-electron chi connectivity index (χ3n) is 2.65. The van der Waals surface area contributed by atoms with Gasteiger partial charge in [0.1, 0.15) is 12.3 Å². The van der Waals surface area contributed by atoms with Crippen LogP contribution >= 0.6 is 0 Å². The van der Waals surface area contributed by atoms with Crippen molar-refractivity contribution in [1.82, 2.24) is 5.16 Å². The largest absolute Gasteiger partial charge is 0.417 e. The number of nitrogens with zero attached hydrogens (tertiary/aromatic N) is 1. The van der Waals surface area contributed by atoms with Gasteiger partial charge in [-0.2, -0.15) is 13.2 Å². The van der Waals surface area contributed by atoms with E-state index >= 15 is 0 Å². The summed E-state index contributed by atoms with van der Waals surface area (Å²) < 4.78 is 43.3. The Morgan fingerprint density at radius 3 is 2.50 bits per heavy atom. The summed E-state index contributed by atoms with van der Waals surface area (Å²) in [6.07, 6.45) is -4.46. The first-order chi connectivity index (χ1) is 8.45. The minimum Gasteiger partial charge on any atom is -0.388 e. The van der Waals surface area contributed by atoms with Crippen LogP contribution in [0.1, 0.15) is 16.9 Å². The van der Waals surface area contributed by atoms with Gasteiger partial charge in [0, 0.05) is 11.1 Å². The summed E-state index contributed by atoms with van der Waals surface area (Å²) in [5, 5.41) is 12.5. The highest BCUT2D eigenvalue weighted by Crippen LogP contribution is 2.37. The lowest BCUT2D eigenvalue weighted by Gasteiger charge is -2.10. The summed E-state index contributed by atoms with van der Waals surface area (Å²) in [7, 11) is 0. The summed E-state index contributed by atoms with van der Waals surface area (Å²) >= 11 is 0. The zero-order valence-electron chi connectivity index (χ0n) is 9.45. The highest BCUT2D eigenvalue weighted by molar-refractivity contribution is 5.67. The van der Waals surface area contributed by atoms with Crippen molar-refractivity contribution in [1.29, 1.82) is 0 Å². The SMILES string of the molecule is Cc1c(-c2ccccc2C(F)(F)F)noc1CO. The van der Waals surface area contributed by atoms with Crippen LogP contribution in [-0.2, 0) is 12.8 Å². The normalized spacial score (nSPS) is 11.8. The molecule has 0 fully saturated rings. The van der Waals surface area contributed by atoms with E-state index in [1.165, 1.54) is 18.2 Å². The van der Waals surface area contributed by atoms with Crippen molar-refractivity contribution in [3.63, 3.8) is 0 Å². The van der Waals surface area contributed by atoms with Gasteiger partial charge in [-0.25, -0.2) is 0 Å². The maximum Gasteiger partial charge on any atom is 0.417 e. The van der Waals surface area contributed by atoms with Gasteiger partial charge in [0.05, 0.1) is 5.56 Å². The molecule has 0 aliphatic carbocycles. The molecule has 2 aromatic rings. The number of hydrogen-bond acceptors (Lipinski definition) is 3. The van der Waals surface area contributed by atoms with E-state index in [4.69, 9.17) is 9.63 Å². The van der Waals surface area contributed by atoms with Crippen LogP contribution in [0.15, 0.2) is 28.8 Å². The number of alkyl halides is 3. The monoisotopic (exact) mass is 257 g/mol. The molecule has 1 heterocycles. The van der Waals surface area contributed by atoms with Gasteiger partial charge in [0.25, 0.3) is 0 Å². The van der Waals surface area contributed by atoms with Crippen LogP contribution in [0.3, 0.4) is 0 Å². The summed E-state index contributed by atoms with van der Waals surface area (Å²) in [5.41, 5.74) is -0.307. The fourth-order valence-corrected chi connectivity index (χ4v) is 1.71. The second-order valence-corrected chi connectivity index (χ2v) is 3.78. The first-order valence-electron chi connectivity index (χ1n) is 5.17. The molecule has 6 heteroatoms. The number of rotatable bonds is 2. The molecular weight excluding hydrogens is 247 g/mol. The maximum atomic E-state index is 12.8. The fourth-order valence-electron chi connectivity index (χ4n) is 1.71. The van der Waals surface area contributed by atoms with E-state index in [1.54, 1.807) is 6.92 Å². The van der Waals surface area contributed by atoms with Gasteiger partial charge in [-0.1, -0.05) is 23.4 Å². The van der Waals surface area contributed by atoms with E-state index in [-0.39, 0.29) is 17.0 Å². The van der Waals surface area contributed by atoms with E-state index in [9.17, 15) is 13.2 Å². The summed E-state index contributed by atoms with van der Waals surface area (Å²) in [6, 6.07) is 5.13. The molecule has 0 aliphatic rings. The Balaban J connectivity index is 2.61. The van der Waals surface area contributed by atoms with Crippen molar-refractivity contribution >= 4 is 0 Å². The van der Waals surface area contributed by atoms with Gasteiger partial charge >= 0.3 is 6.18 Å². The lowest BCUT2D eigenvalue weighted by Crippen LogP contribution is -2.07. The van der Waals surface area contributed by atoms with Crippen LogP contribution in [0.5, 0.6) is 0 Å². The maximum absolute atomic E-state index is 12.8. The summed E-state index contributed by atoms with van der Waals surface area (Å²) in [4.78, 5) is 0. The first kappa shape index (κ1) is 12.6. The number of aliphatic hydroxyl groups excluding tert-OH is 1. The van der Waals surface area contributed by atoms with Crippen LogP contribution in [0.2, 0.25) is 0 Å². The van der Waals surface area contributed by atoms with Crippen molar-refractivity contribution < 1.29 is 22.8 Å². The molecule has 96 valence electrons. The molecule has 0 aliphatic heterocycles. The van der Waals surface area contributed by atoms with Gasteiger partial charge in [0.15, 0.2) is 5.76 Å². The standard InChI is InChI=1S/C12H10F3NO2/c1-7-10(6-17)18-16-11(7)8-4-2-3-5-9(8)12(13,14)15/h2-5,17H,6H2,1H3. The van der Waals surface area contributed by atoms with Crippen LogP contribution < -0.4 is 0 Å².